The number of hydrogen-bond donors (Lipinski definition) is 1. The molecule has 0 aromatic heterocycles. The molecule has 0 unspecified atom stereocenters. The van der Waals surface area contributed by atoms with Crippen molar-refractivity contribution >= 4 is 11.6 Å². The highest BCUT2D eigenvalue weighted by Crippen LogP contribution is 2.42. The van der Waals surface area contributed by atoms with E-state index in [2.05, 4.69) is 19.2 Å². The molecule has 2 rings (SSSR count). The van der Waals surface area contributed by atoms with Gasteiger partial charge in [0.1, 0.15) is 5.82 Å². The van der Waals surface area contributed by atoms with Gasteiger partial charge in [0, 0.05) is 18.1 Å². The van der Waals surface area contributed by atoms with Crippen LogP contribution in [0.1, 0.15) is 51.5 Å². The third kappa shape index (κ3) is 4.46. The summed E-state index contributed by atoms with van der Waals surface area (Å²) in [5.74, 6) is 0.477. The molecule has 1 saturated carbocycles. The first kappa shape index (κ1) is 15.8. The van der Waals surface area contributed by atoms with Crippen LogP contribution >= 0.6 is 11.6 Å². The fourth-order valence-electron chi connectivity index (χ4n) is 3.63. The monoisotopic (exact) mass is 297 g/mol. The molecular weight excluding hydrogens is 273 g/mol. The highest BCUT2D eigenvalue weighted by molar-refractivity contribution is 6.30. The SMILES string of the molecule is CC(C)CC1(CNCc2cc(F)cc(Cl)c2)CCCC1. The fourth-order valence-corrected chi connectivity index (χ4v) is 3.87. The zero-order chi connectivity index (χ0) is 14.6. The molecule has 0 aliphatic heterocycles. The summed E-state index contributed by atoms with van der Waals surface area (Å²) in [5.41, 5.74) is 1.37. The number of rotatable bonds is 6. The third-order valence-electron chi connectivity index (χ3n) is 4.26. The van der Waals surface area contributed by atoms with Crippen molar-refractivity contribution in [3.8, 4) is 0 Å². The van der Waals surface area contributed by atoms with E-state index < -0.39 is 0 Å². The second-order valence-corrected chi connectivity index (χ2v) is 7.12. The molecule has 1 aliphatic carbocycles. The molecule has 1 N–H and O–H groups in total. The highest BCUT2D eigenvalue weighted by Gasteiger charge is 2.33. The van der Waals surface area contributed by atoms with Gasteiger partial charge < -0.3 is 5.32 Å². The van der Waals surface area contributed by atoms with Gasteiger partial charge in [-0.2, -0.15) is 0 Å². The summed E-state index contributed by atoms with van der Waals surface area (Å²) in [6, 6.07) is 4.74. The lowest BCUT2D eigenvalue weighted by Gasteiger charge is -2.31. The fraction of sp³-hybridized carbons (Fsp3) is 0.647. The Bertz CT molecular complexity index is 418. The van der Waals surface area contributed by atoms with Crippen LogP contribution < -0.4 is 5.32 Å². The van der Waals surface area contributed by atoms with Crippen molar-refractivity contribution in [3.05, 3.63) is 34.6 Å². The minimum absolute atomic E-state index is 0.257. The molecule has 0 saturated heterocycles. The molecule has 0 bridgehead atoms. The zero-order valence-corrected chi connectivity index (χ0v) is 13.3. The van der Waals surface area contributed by atoms with Crippen LogP contribution in [-0.2, 0) is 6.54 Å². The van der Waals surface area contributed by atoms with Crippen LogP contribution in [0.4, 0.5) is 4.39 Å². The molecule has 1 fully saturated rings. The van der Waals surface area contributed by atoms with Gasteiger partial charge in [0.25, 0.3) is 0 Å². The summed E-state index contributed by atoms with van der Waals surface area (Å²) >= 11 is 5.88. The van der Waals surface area contributed by atoms with E-state index in [0.717, 1.165) is 18.0 Å². The Hall–Kier alpha value is -0.600. The molecule has 0 amide bonds. The number of hydrogen-bond acceptors (Lipinski definition) is 1. The van der Waals surface area contributed by atoms with E-state index >= 15 is 0 Å². The van der Waals surface area contributed by atoms with Gasteiger partial charge in [-0.3, -0.25) is 0 Å². The van der Waals surface area contributed by atoms with Crippen molar-refractivity contribution in [1.82, 2.24) is 5.32 Å². The average Bonchev–Trinajstić information content (AvgIpc) is 2.75. The molecular formula is C17H25ClFN. The largest absolute Gasteiger partial charge is 0.312 e. The maximum absolute atomic E-state index is 13.3. The van der Waals surface area contributed by atoms with Gasteiger partial charge in [-0.05, 0) is 54.4 Å². The van der Waals surface area contributed by atoms with Gasteiger partial charge in [-0.25, -0.2) is 4.39 Å². The molecule has 1 nitrogen and oxygen atoms in total. The molecule has 0 heterocycles. The first-order valence-electron chi connectivity index (χ1n) is 7.65. The molecule has 0 spiro atoms. The van der Waals surface area contributed by atoms with Gasteiger partial charge >= 0.3 is 0 Å². The molecule has 1 aliphatic rings. The predicted octanol–water partition coefficient (Wildman–Crippen LogP) is 5.18. The number of nitrogens with one attached hydrogen (secondary N) is 1. The maximum atomic E-state index is 13.3. The zero-order valence-electron chi connectivity index (χ0n) is 12.5. The van der Waals surface area contributed by atoms with Crippen molar-refractivity contribution in [1.29, 1.82) is 0 Å². The lowest BCUT2D eigenvalue weighted by atomic mass is 9.78. The van der Waals surface area contributed by atoms with Crippen LogP contribution in [0, 0.1) is 17.2 Å². The third-order valence-corrected chi connectivity index (χ3v) is 4.48. The molecule has 0 atom stereocenters. The van der Waals surface area contributed by atoms with Gasteiger partial charge in [-0.15, -0.1) is 0 Å². The molecule has 1 aromatic carbocycles. The number of benzene rings is 1. The van der Waals surface area contributed by atoms with Crippen molar-refractivity contribution in [2.24, 2.45) is 11.3 Å². The van der Waals surface area contributed by atoms with Gasteiger partial charge in [0.2, 0.25) is 0 Å². The van der Waals surface area contributed by atoms with Crippen LogP contribution in [0.25, 0.3) is 0 Å². The van der Waals surface area contributed by atoms with E-state index in [1.54, 1.807) is 6.07 Å². The summed E-state index contributed by atoms with van der Waals surface area (Å²) in [6.07, 6.45) is 6.62. The number of halogens is 2. The van der Waals surface area contributed by atoms with Gasteiger partial charge in [0.15, 0.2) is 0 Å². The summed E-state index contributed by atoms with van der Waals surface area (Å²) in [7, 11) is 0. The second kappa shape index (κ2) is 6.91. The van der Waals surface area contributed by atoms with E-state index in [1.165, 1.54) is 38.2 Å². The molecule has 1 aromatic rings. The lowest BCUT2D eigenvalue weighted by molar-refractivity contribution is 0.223. The van der Waals surface area contributed by atoms with Gasteiger partial charge in [-0.1, -0.05) is 38.3 Å². The summed E-state index contributed by atoms with van der Waals surface area (Å²) in [5, 5.41) is 3.99. The standard InChI is InChI=1S/C17H25ClFN/c1-13(2)10-17(5-3-4-6-17)12-20-11-14-7-15(18)9-16(19)8-14/h7-9,13,20H,3-6,10-12H2,1-2H3. The topological polar surface area (TPSA) is 12.0 Å². The first-order chi connectivity index (χ1) is 9.49. The first-order valence-corrected chi connectivity index (χ1v) is 8.03. The van der Waals surface area contributed by atoms with E-state index in [-0.39, 0.29) is 5.82 Å². The minimum Gasteiger partial charge on any atom is -0.312 e. The second-order valence-electron chi connectivity index (χ2n) is 6.69. The van der Waals surface area contributed by atoms with Crippen LogP contribution in [0.15, 0.2) is 18.2 Å². The average molecular weight is 298 g/mol. The van der Waals surface area contributed by atoms with E-state index in [0.29, 0.717) is 17.0 Å². The van der Waals surface area contributed by atoms with Gasteiger partial charge in [0.05, 0.1) is 0 Å². The van der Waals surface area contributed by atoms with Crippen molar-refractivity contribution < 1.29 is 4.39 Å². The molecule has 3 heteroatoms. The van der Waals surface area contributed by atoms with E-state index in [9.17, 15) is 4.39 Å². The minimum atomic E-state index is -0.257. The van der Waals surface area contributed by atoms with Crippen LogP contribution in [0.2, 0.25) is 5.02 Å². The van der Waals surface area contributed by atoms with E-state index in [4.69, 9.17) is 11.6 Å². The van der Waals surface area contributed by atoms with Crippen LogP contribution in [0.5, 0.6) is 0 Å². The Morgan fingerprint density at radius 2 is 1.95 bits per heavy atom. The summed E-state index contributed by atoms with van der Waals surface area (Å²) in [6.45, 7) is 6.31. The summed E-state index contributed by atoms with van der Waals surface area (Å²) in [4.78, 5) is 0. The quantitative estimate of drug-likeness (QED) is 0.763. The Balaban J connectivity index is 1.90. The molecule has 20 heavy (non-hydrogen) atoms. The predicted molar refractivity (Wildman–Crippen MR) is 83.5 cm³/mol. The van der Waals surface area contributed by atoms with Crippen molar-refractivity contribution in [3.63, 3.8) is 0 Å². The molecule has 112 valence electrons. The Kier molecular flexibility index (Phi) is 5.45. The normalized spacial score (nSPS) is 17.9. The van der Waals surface area contributed by atoms with Crippen LogP contribution in [0.3, 0.4) is 0 Å². The maximum Gasteiger partial charge on any atom is 0.125 e. The van der Waals surface area contributed by atoms with E-state index in [1.807, 2.05) is 6.07 Å². The smallest absolute Gasteiger partial charge is 0.125 e. The Morgan fingerprint density at radius 1 is 1.25 bits per heavy atom. The Labute approximate surface area is 126 Å². The molecule has 0 radical (unpaired) electrons. The summed E-state index contributed by atoms with van der Waals surface area (Å²) < 4.78 is 13.3. The van der Waals surface area contributed by atoms with Crippen molar-refractivity contribution in [2.45, 2.75) is 52.5 Å². The van der Waals surface area contributed by atoms with Crippen molar-refractivity contribution in [2.75, 3.05) is 6.54 Å². The highest BCUT2D eigenvalue weighted by atomic mass is 35.5. The Morgan fingerprint density at radius 3 is 2.55 bits per heavy atom. The van der Waals surface area contributed by atoms with Crippen LogP contribution in [-0.4, -0.2) is 6.54 Å². The lowest BCUT2D eigenvalue weighted by Crippen LogP contribution is -2.33.